The molecule has 3 N–H and O–H groups in total. The topological polar surface area (TPSA) is 69.6 Å². The molecule has 318 valence electrons. The number of carbonyl (C=O) groups is 1. The Bertz CT molecular complexity index is 1110. The van der Waals surface area contributed by atoms with Gasteiger partial charge >= 0.3 is 0 Å². The molecule has 0 saturated carbocycles. The van der Waals surface area contributed by atoms with Crippen LogP contribution in [-0.4, -0.2) is 34.9 Å². The molecule has 0 heterocycles. The smallest absolute Gasteiger partial charge is 0.220 e. The van der Waals surface area contributed by atoms with E-state index in [-0.39, 0.29) is 12.5 Å². The Hall–Kier alpha value is -2.95. The monoisotopic (exact) mass is 774 g/mol. The number of carbonyl (C=O) groups excluding carboxylic acids is 1. The highest BCUT2D eigenvalue weighted by molar-refractivity contribution is 5.76. The lowest BCUT2D eigenvalue weighted by Gasteiger charge is -2.20. The van der Waals surface area contributed by atoms with E-state index in [1.165, 1.54) is 96.3 Å². The van der Waals surface area contributed by atoms with Gasteiger partial charge in [-0.05, 0) is 83.5 Å². The van der Waals surface area contributed by atoms with Gasteiger partial charge in [0, 0.05) is 6.42 Å². The Morgan fingerprint density at radius 1 is 0.446 bits per heavy atom. The zero-order valence-corrected chi connectivity index (χ0v) is 36.4. The first-order valence-electron chi connectivity index (χ1n) is 23.1. The summed E-state index contributed by atoms with van der Waals surface area (Å²) < 4.78 is 0. The first-order chi connectivity index (χ1) is 27.7. The van der Waals surface area contributed by atoms with Crippen LogP contribution in [0.5, 0.6) is 0 Å². The molecular formula is C52H87NO3. The van der Waals surface area contributed by atoms with E-state index in [0.717, 1.165) is 77.0 Å². The minimum atomic E-state index is -0.842. The highest BCUT2D eigenvalue weighted by atomic mass is 16.3. The molecule has 1 amide bonds. The molecule has 4 nitrogen and oxygen atoms in total. The Morgan fingerprint density at radius 2 is 0.786 bits per heavy atom. The maximum atomic E-state index is 12.3. The summed E-state index contributed by atoms with van der Waals surface area (Å²) in [4.78, 5) is 12.3. The molecule has 0 aliphatic heterocycles. The summed E-state index contributed by atoms with van der Waals surface area (Å²) in [6.07, 6.45) is 70.8. The Kier molecular flexibility index (Phi) is 44.0. The van der Waals surface area contributed by atoms with Crippen LogP contribution < -0.4 is 5.32 Å². The minimum absolute atomic E-state index is 0.0762. The summed E-state index contributed by atoms with van der Waals surface area (Å²) in [5.41, 5.74) is 0. The van der Waals surface area contributed by atoms with Crippen molar-refractivity contribution in [1.82, 2.24) is 5.32 Å². The quantitative estimate of drug-likeness (QED) is 0.0429. The standard InChI is InChI=1S/C52H87NO3/c1-3-5-7-9-11-12-13-14-15-16-17-18-19-20-21-22-23-24-25-26-27-28-29-30-31-32-33-34-35-36-37-38-39-40-42-44-46-48-52(56)53-50(49-54)51(55)47-45-43-41-10-8-6-4-2/h5,7,11-12,14-15,17-18,20-21,23-24,26-27,29-30,45,47,50-51,54-55H,3-4,6,8-10,13,16,19,22,25,28,31-44,46,48-49H2,1-2H3,(H,53,56)/b7-5-,12-11-,15-14-,18-17-,21-20-,24-23-,27-26-,30-29-,47-45+. The molecule has 56 heavy (non-hydrogen) atoms. The molecule has 2 atom stereocenters. The van der Waals surface area contributed by atoms with Crippen LogP contribution in [0.15, 0.2) is 109 Å². The van der Waals surface area contributed by atoms with Gasteiger partial charge in [0.2, 0.25) is 5.91 Å². The van der Waals surface area contributed by atoms with E-state index in [1.54, 1.807) is 6.08 Å². The number of nitrogens with one attached hydrogen (secondary N) is 1. The second-order valence-corrected chi connectivity index (χ2v) is 15.1. The van der Waals surface area contributed by atoms with Gasteiger partial charge in [0.1, 0.15) is 0 Å². The normalized spacial score (nSPS) is 14.0. The zero-order chi connectivity index (χ0) is 40.7. The number of aliphatic hydroxyl groups excluding tert-OH is 2. The van der Waals surface area contributed by atoms with E-state index >= 15 is 0 Å². The summed E-state index contributed by atoms with van der Waals surface area (Å²) in [5, 5.41) is 22.8. The van der Waals surface area contributed by atoms with E-state index in [4.69, 9.17) is 0 Å². The average Bonchev–Trinajstić information content (AvgIpc) is 3.20. The van der Waals surface area contributed by atoms with Crippen molar-refractivity contribution in [2.75, 3.05) is 6.61 Å². The van der Waals surface area contributed by atoms with Gasteiger partial charge in [-0.2, -0.15) is 0 Å². The number of amides is 1. The van der Waals surface area contributed by atoms with Gasteiger partial charge in [-0.3, -0.25) is 4.79 Å². The first-order valence-corrected chi connectivity index (χ1v) is 23.1. The fraction of sp³-hybridized carbons (Fsp3) is 0.635. The predicted molar refractivity (Wildman–Crippen MR) is 248 cm³/mol. The fourth-order valence-electron chi connectivity index (χ4n) is 6.25. The maximum absolute atomic E-state index is 12.3. The Morgan fingerprint density at radius 3 is 1.18 bits per heavy atom. The predicted octanol–water partition coefficient (Wildman–Crippen LogP) is 14.8. The minimum Gasteiger partial charge on any atom is -0.394 e. The summed E-state index contributed by atoms with van der Waals surface area (Å²) in [6, 6.07) is -0.626. The van der Waals surface area contributed by atoms with Crippen molar-refractivity contribution < 1.29 is 15.0 Å². The lowest BCUT2D eigenvalue weighted by molar-refractivity contribution is -0.123. The third-order valence-electron chi connectivity index (χ3n) is 9.76. The van der Waals surface area contributed by atoms with Crippen LogP contribution in [0.4, 0.5) is 0 Å². The molecule has 0 bridgehead atoms. The van der Waals surface area contributed by atoms with Gasteiger partial charge in [-0.1, -0.05) is 213 Å². The van der Waals surface area contributed by atoms with E-state index in [9.17, 15) is 15.0 Å². The van der Waals surface area contributed by atoms with E-state index < -0.39 is 12.1 Å². The van der Waals surface area contributed by atoms with Gasteiger partial charge in [0.15, 0.2) is 0 Å². The molecule has 0 aromatic heterocycles. The van der Waals surface area contributed by atoms with Gasteiger partial charge in [-0.15, -0.1) is 0 Å². The number of hydrogen-bond acceptors (Lipinski definition) is 3. The van der Waals surface area contributed by atoms with Gasteiger partial charge < -0.3 is 15.5 Å². The number of unbranched alkanes of at least 4 members (excludes halogenated alkanes) is 17. The second kappa shape index (κ2) is 46.4. The van der Waals surface area contributed by atoms with E-state index in [2.05, 4.69) is 116 Å². The molecule has 0 aliphatic carbocycles. The number of rotatable bonds is 40. The lowest BCUT2D eigenvalue weighted by Crippen LogP contribution is -2.45. The zero-order valence-electron chi connectivity index (χ0n) is 36.4. The van der Waals surface area contributed by atoms with Crippen molar-refractivity contribution in [3.63, 3.8) is 0 Å². The van der Waals surface area contributed by atoms with Crippen LogP contribution in [0.1, 0.15) is 194 Å². The maximum Gasteiger partial charge on any atom is 0.220 e. The lowest BCUT2D eigenvalue weighted by atomic mass is 10.0. The SMILES string of the molecule is CC/C=C\C/C=C\C/C=C\C/C=C\C/C=C\C/C=C\C/C=C\C/C=C\CCCCCCCCCCCCCCC(=O)NC(CO)C(O)/C=C/CCCCCCC. The van der Waals surface area contributed by atoms with Crippen molar-refractivity contribution in [1.29, 1.82) is 0 Å². The van der Waals surface area contributed by atoms with Gasteiger partial charge in [0.05, 0.1) is 18.8 Å². The van der Waals surface area contributed by atoms with E-state index in [1.807, 2.05) is 6.08 Å². The summed E-state index contributed by atoms with van der Waals surface area (Å²) >= 11 is 0. The van der Waals surface area contributed by atoms with Crippen molar-refractivity contribution in [2.24, 2.45) is 0 Å². The van der Waals surface area contributed by atoms with Crippen LogP contribution in [-0.2, 0) is 4.79 Å². The van der Waals surface area contributed by atoms with Crippen LogP contribution >= 0.6 is 0 Å². The summed E-state index contributed by atoms with van der Waals surface area (Å²) in [6.45, 7) is 4.12. The molecule has 4 heteroatoms. The first kappa shape index (κ1) is 53.0. The van der Waals surface area contributed by atoms with Crippen molar-refractivity contribution in [3.05, 3.63) is 109 Å². The van der Waals surface area contributed by atoms with Gasteiger partial charge in [-0.25, -0.2) is 0 Å². The fourth-order valence-corrected chi connectivity index (χ4v) is 6.25. The molecule has 2 unspecified atom stereocenters. The number of allylic oxidation sites excluding steroid dienone is 17. The van der Waals surface area contributed by atoms with Crippen molar-refractivity contribution >= 4 is 5.91 Å². The molecule has 0 radical (unpaired) electrons. The van der Waals surface area contributed by atoms with Crippen LogP contribution in [0.2, 0.25) is 0 Å². The molecular weight excluding hydrogens is 687 g/mol. The van der Waals surface area contributed by atoms with Crippen LogP contribution in [0.3, 0.4) is 0 Å². The number of hydrogen-bond donors (Lipinski definition) is 3. The molecule has 0 rings (SSSR count). The molecule has 0 fully saturated rings. The van der Waals surface area contributed by atoms with Crippen molar-refractivity contribution in [3.8, 4) is 0 Å². The Labute approximate surface area is 346 Å². The second-order valence-electron chi connectivity index (χ2n) is 15.1. The van der Waals surface area contributed by atoms with Gasteiger partial charge in [0.25, 0.3) is 0 Å². The summed E-state index contributed by atoms with van der Waals surface area (Å²) in [5.74, 6) is -0.0762. The molecule has 0 spiro atoms. The molecule has 0 aliphatic rings. The van der Waals surface area contributed by atoms with Crippen LogP contribution in [0.25, 0.3) is 0 Å². The molecule has 0 aromatic carbocycles. The summed E-state index contributed by atoms with van der Waals surface area (Å²) in [7, 11) is 0. The third-order valence-corrected chi connectivity index (χ3v) is 9.76. The number of aliphatic hydroxyl groups is 2. The molecule has 0 aromatic rings. The third kappa shape index (κ3) is 42.2. The average molecular weight is 774 g/mol. The van der Waals surface area contributed by atoms with Crippen LogP contribution in [0, 0.1) is 0 Å². The highest BCUT2D eigenvalue weighted by Crippen LogP contribution is 2.14. The molecule has 0 saturated heterocycles. The Balaban J connectivity index is 3.55. The van der Waals surface area contributed by atoms with Crippen molar-refractivity contribution in [2.45, 2.75) is 206 Å². The largest absolute Gasteiger partial charge is 0.394 e. The van der Waals surface area contributed by atoms with E-state index in [0.29, 0.717) is 6.42 Å². The highest BCUT2D eigenvalue weighted by Gasteiger charge is 2.17.